The Balaban J connectivity index is 0.000000641. The van der Waals surface area contributed by atoms with Crippen molar-refractivity contribution in [1.82, 2.24) is 14.7 Å². The fraction of sp³-hybridized carbons (Fsp3) is 0.250. The van der Waals surface area contributed by atoms with Crippen LogP contribution in [0, 0.1) is 6.92 Å². The van der Waals surface area contributed by atoms with E-state index in [-0.39, 0.29) is 17.2 Å². The molecule has 0 aliphatic rings. The van der Waals surface area contributed by atoms with Crippen LogP contribution in [-0.2, 0) is 28.0 Å². The van der Waals surface area contributed by atoms with E-state index in [1.807, 2.05) is 61.5 Å². The van der Waals surface area contributed by atoms with Gasteiger partial charge in [-0.3, -0.25) is 14.3 Å². The van der Waals surface area contributed by atoms with E-state index in [1.54, 1.807) is 25.8 Å². The number of carbonyl (C=O) groups excluding carboxylic acids is 1. The number of ether oxygens (including phenoxy) is 1. The van der Waals surface area contributed by atoms with Crippen molar-refractivity contribution in [3.05, 3.63) is 76.2 Å². The second-order valence-electron chi connectivity index (χ2n) is 7.45. The summed E-state index contributed by atoms with van der Waals surface area (Å²) in [5, 5.41) is 20.7. The first-order valence-corrected chi connectivity index (χ1v) is 10.5. The number of carbonyl (C=O) groups is 3. The van der Waals surface area contributed by atoms with E-state index in [1.165, 1.54) is 4.68 Å². The number of aromatic nitrogens is 2. The van der Waals surface area contributed by atoms with Gasteiger partial charge >= 0.3 is 11.9 Å². The number of hydrogen-bond donors (Lipinski definition) is 4. The van der Waals surface area contributed by atoms with Crippen LogP contribution in [0.15, 0.2) is 59.4 Å². The van der Waals surface area contributed by atoms with E-state index in [0.717, 1.165) is 17.0 Å². The Morgan fingerprint density at radius 1 is 1.00 bits per heavy atom. The lowest BCUT2D eigenvalue weighted by Gasteiger charge is -2.15. The summed E-state index contributed by atoms with van der Waals surface area (Å²) in [5.41, 5.74) is 2.40. The van der Waals surface area contributed by atoms with Gasteiger partial charge in [-0.05, 0) is 32.0 Å². The SMILES string of the molecule is COc1ccccc1CNC(C)C(=O)Nc1c(C)n(C)n(-c2ccccc2)c1=O.O=C(O)C(=O)O. The van der Waals surface area contributed by atoms with Crippen LogP contribution in [0.4, 0.5) is 5.69 Å². The molecule has 11 nitrogen and oxygen atoms in total. The maximum atomic E-state index is 12.9. The van der Waals surface area contributed by atoms with E-state index in [4.69, 9.17) is 24.5 Å². The van der Waals surface area contributed by atoms with Crippen LogP contribution in [-0.4, -0.2) is 50.6 Å². The molecular formula is C24H28N4O7. The molecular weight excluding hydrogens is 456 g/mol. The van der Waals surface area contributed by atoms with Crippen molar-refractivity contribution in [2.45, 2.75) is 26.4 Å². The molecule has 1 atom stereocenters. The number of aliphatic carboxylic acids is 2. The Morgan fingerprint density at radius 2 is 1.57 bits per heavy atom. The highest BCUT2D eigenvalue weighted by atomic mass is 16.5. The van der Waals surface area contributed by atoms with E-state index in [9.17, 15) is 9.59 Å². The molecule has 0 spiro atoms. The predicted molar refractivity (Wildman–Crippen MR) is 129 cm³/mol. The topological polar surface area (TPSA) is 152 Å². The van der Waals surface area contributed by atoms with Crippen molar-refractivity contribution in [3.63, 3.8) is 0 Å². The van der Waals surface area contributed by atoms with Crippen LogP contribution in [0.2, 0.25) is 0 Å². The average molecular weight is 485 g/mol. The molecule has 0 bridgehead atoms. The first-order chi connectivity index (χ1) is 16.6. The number of methoxy groups -OCH3 is 1. The molecule has 3 rings (SSSR count). The van der Waals surface area contributed by atoms with Gasteiger partial charge in [0.15, 0.2) is 0 Å². The third-order valence-corrected chi connectivity index (χ3v) is 5.17. The van der Waals surface area contributed by atoms with Gasteiger partial charge in [-0.25, -0.2) is 14.3 Å². The van der Waals surface area contributed by atoms with Gasteiger partial charge < -0.3 is 25.6 Å². The number of hydrogen-bond acceptors (Lipinski definition) is 6. The van der Waals surface area contributed by atoms with E-state index in [2.05, 4.69) is 10.6 Å². The molecule has 1 unspecified atom stereocenters. The number of para-hydroxylation sites is 2. The summed E-state index contributed by atoms with van der Waals surface area (Å²) in [4.78, 5) is 43.8. The largest absolute Gasteiger partial charge is 0.496 e. The van der Waals surface area contributed by atoms with Crippen LogP contribution >= 0.6 is 0 Å². The zero-order valence-corrected chi connectivity index (χ0v) is 19.8. The number of nitrogens with one attached hydrogen (secondary N) is 2. The molecule has 0 saturated heterocycles. The molecule has 1 aromatic heterocycles. The zero-order chi connectivity index (χ0) is 26.1. The zero-order valence-electron chi connectivity index (χ0n) is 19.8. The van der Waals surface area contributed by atoms with E-state index >= 15 is 0 Å². The highest BCUT2D eigenvalue weighted by Crippen LogP contribution is 2.17. The maximum absolute atomic E-state index is 12.9. The van der Waals surface area contributed by atoms with Crippen LogP contribution < -0.4 is 20.9 Å². The monoisotopic (exact) mass is 484 g/mol. The predicted octanol–water partition coefficient (Wildman–Crippen LogP) is 1.77. The third-order valence-electron chi connectivity index (χ3n) is 5.17. The van der Waals surface area contributed by atoms with Crippen molar-refractivity contribution < 1.29 is 29.3 Å². The Kier molecular flexibility index (Phi) is 9.36. The minimum Gasteiger partial charge on any atom is -0.496 e. The Bertz CT molecular complexity index is 1240. The van der Waals surface area contributed by atoms with Gasteiger partial charge in [-0.2, -0.15) is 0 Å². The van der Waals surface area contributed by atoms with E-state index < -0.39 is 18.0 Å². The van der Waals surface area contributed by atoms with Crippen LogP contribution in [0.25, 0.3) is 5.69 Å². The highest BCUT2D eigenvalue weighted by molar-refractivity contribution is 6.27. The smallest absolute Gasteiger partial charge is 0.414 e. The second kappa shape index (κ2) is 12.2. The number of carboxylic acid groups (broad SMARTS) is 2. The maximum Gasteiger partial charge on any atom is 0.414 e. The summed E-state index contributed by atoms with van der Waals surface area (Å²) < 4.78 is 8.61. The van der Waals surface area contributed by atoms with Gasteiger partial charge in [-0.15, -0.1) is 0 Å². The number of amides is 1. The molecule has 4 N–H and O–H groups in total. The van der Waals surface area contributed by atoms with Crippen molar-refractivity contribution in [1.29, 1.82) is 0 Å². The van der Waals surface area contributed by atoms with E-state index in [0.29, 0.717) is 12.2 Å². The van der Waals surface area contributed by atoms with Crippen LogP contribution in [0.1, 0.15) is 18.2 Å². The molecule has 0 aliphatic carbocycles. The van der Waals surface area contributed by atoms with Crippen LogP contribution in [0.5, 0.6) is 5.75 Å². The number of rotatable bonds is 7. The fourth-order valence-electron chi connectivity index (χ4n) is 3.15. The third kappa shape index (κ3) is 6.81. The summed E-state index contributed by atoms with van der Waals surface area (Å²) in [6.07, 6.45) is 0. The standard InChI is InChI=1S/C22H26N4O3.C2H2O4/c1-15(23-14-17-10-8-9-13-19(17)29-4)21(27)24-20-16(2)25(3)26(22(20)28)18-11-6-5-7-12-18;3-1(4)2(5)6/h5-13,15,23H,14H2,1-4H3,(H,24,27);(H,3,4)(H,5,6). The van der Waals surface area contributed by atoms with Gasteiger partial charge in [0.1, 0.15) is 11.4 Å². The van der Waals surface area contributed by atoms with Crippen molar-refractivity contribution in [3.8, 4) is 11.4 Å². The van der Waals surface area contributed by atoms with Crippen LogP contribution in [0.3, 0.4) is 0 Å². The molecule has 0 saturated carbocycles. The van der Waals surface area contributed by atoms with Crippen molar-refractivity contribution in [2.24, 2.45) is 7.05 Å². The minimum absolute atomic E-state index is 0.263. The molecule has 0 fully saturated rings. The number of carboxylic acids is 2. The fourth-order valence-corrected chi connectivity index (χ4v) is 3.15. The van der Waals surface area contributed by atoms with Gasteiger partial charge in [0.05, 0.1) is 24.5 Å². The Hall–Kier alpha value is -4.38. The van der Waals surface area contributed by atoms with Crippen molar-refractivity contribution in [2.75, 3.05) is 12.4 Å². The number of nitrogens with zero attached hydrogens (tertiary/aromatic N) is 2. The number of benzene rings is 2. The van der Waals surface area contributed by atoms with Gasteiger partial charge in [0.2, 0.25) is 5.91 Å². The first-order valence-electron chi connectivity index (χ1n) is 10.5. The molecule has 0 radical (unpaired) electrons. The lowest BCUT2D eigenvalue weighted by Crippen LogP contribution is -2.38. The molecule has 0 aliphatic heterocycles. The first kappa shape index (κ1) is 26.9. The normalized spacial score (nSPS) is 11.1. The Morgan fingerprint density at radius 3 is 2.14 bits per heavy atom. The summed E-state index contributed by atoms with van der Waals surface area (Å²) in [6, 6.07) is 16.5. The van der Waals surface area contributed by atoms with Gasteiger partial charge in [0, 0.05) is 19.2 Å². The minimum atomic E-state index is -1.82. The van der Waals surface area contributed by atoms with Gasteiger partial charge in [0.25, 0.3) is 5.56 Å². The molecule has 186 valence electrons. The lowest BCUT2D eigenvalue weighted by atomic mass is 10.2. The highest BCUT2D eigenvalue weighted by Gasteiger charge is 2.21. The quantitative estimate of drug-likeness (QED) is 0.370. The molecule has 1 amide bonds. The molecule has 11 heteroatoms. The Labute approximate surface area is 201 Å². The molecule has 3 aromatic rings. The number of anilines is 1. The molecule has 2 aromatic carbocycles. The average Bonchev–Trinajstić information content (AvgIpc) is 3.06. The summed E-state index contributed by atoms with van der Waals surface area (Å²) in [6.45, 7) is 4.04. The lowest BCUT2D eigenvalue weighted by molar-refractivity contribution is -0.159. The molecule has 1 heterocycles. The summed E-state index contributed by atoms with van der Waals surface area (Å²) in [7, 11) is 3.41. The van der Waals surface area contributed by atoms with Crippen molar-refractivity contribution >= 4 is 23.5 Å². The second-order valence-corrected chi connectivity index (χ2v) is 7.45. The summed E-state index contributed by atoms with van der Waals surface area (Å²) in [5.74, 6) is -3.16. The van der Waals surface area contributed by atoms with Gasteiger partial charge in [-0.1, -0.05) is 36.4 Å². The molecule has 35 heavy (non-hydrogen) atoms. The summed E-state index contributed by atoms with van der Waals surface area (Å²) >= 11 is 0.